The van der Waals surface area contributed by atoms with Crippen molar-refractivity contribution in [3.05, 3.63) is 40.4 Å². The molecule has 0 bridgehead atoms. The van der Waals surface area contributed by atoms with Crippen LogP contribution >= 0.6 is 22.9 Å². The first-order chi connectivity index (χ1) is 10.4. The average molecular weight is 339 g/mol. The molecule has 0 radical (unpaired) electrons. The lowest BCUT2D eigenvalue weighted by atomic mass is 10.2. The molecular formula is C13H11ClN4O3S. The number of nitrogens with two attached hydrogens (primary N) is 2. The van der Waals surface area contributed by atoms with Crippen molar-refractivity contribution in [3.63, 3.8) is 0 Å². The van der Waals surface area contributed by atoms with Crippen LogP contribution in [0.4, 0.5) is 0 Å². The van der Waals surface area contributed by atoms with Crippen LogP contribution in [0.2, 0.25) is 5.02 Å². The Bertz CT molecular complexity index is 732. The molecule has 5 N–H and O–H groups in total. The van der Waals surface area contributed by atoms with Gasteiger partial charge in [-0.15, -0.1) is 11.3 Å². The molecule has 9 heteroatoms. The van der Waals surface area contributed by atoms with Crippen LogP contribution in [0, 0.1) is 0 Å². The van der Waals surface area contributed by atoms with Gasteiger partial charge in [0.05, 0.1) is 0 Å². The minimum Gasteiger partial charge on any atom is -0.367 e. The molecule has 1 heterocycles. The third-order valence-corrected chi connectivity index (χ3v) is 3.78. The Kier molecular flexibility index (Phi) is 4.74. The van der Waals surface area contributed by atoms with E-state index in [0.29, 0.717) is 10.0 Å². The van der Waals surface area contributed by atoms with Crippen LogP contribution in [0.1, 0.15) is 10.5 Å². The number of nitrogens with one attached hydrogen (secondary N) is 1. The fourth-order valence-electron chi connectivity index (χ4n) is 1.62. The summed E-state index contributed by atoms with van der Waals surface area (Å²) in [6.45, 7) is 0. The Hall–Kier alpha value is -2.45. The van der Waals surface area contributed by atoms with Gasteiger partial charge in [0.25, 0.3) is 5.91 Å². The molecule has 0 saturated carbocycles. The highest BCUT2D eigenvalue weighted by Gasteiger charge is 2.25. The van der Waals surface area contributed by atoms with E-state index in [1.54, 1.807) is 24.3 Å². The number of hydrogen-bond donors (Lipinski definition) is 3. The molecule has 0 aliphatic carbocycles. The average Bonchev–Trinajstić information content (AvgIpc) is 2.93. The molecule has 0 spiro atoms. The van der Waals surface area contributed by atoms with Gasteiger partial charge in [-0.2, -0.15) is 0 Å². The highest BCUT2D eigenvalue weighted by atomic mass is 35.5. The van der Waals surface area contributed by atoms with Gasteiger partial charge < -0.3 is 16.8 Å². The summed E-state index contributed by atoms with van der Waals surface area (Å²) in [6, 6.07) is 5.40. The third-order valence-electron chi connectivity index (χ3n) is 2.65. The van der Waals surface area contributed by atoms with E-state index in [1.807, 2.05) is 0 Å². The molecule has 22 heavy (non-hydrogen) atoms. The Balaban J connectivity index is 2.19. The van der Waals surface area contributed by atoms with Crippen LogP contribution in [0.5, 0.6) is 0 Å². The van der Waals surface area contributed by atoms with Crippen LogP contribution in [-0.2, 0) is 9.59 Å². The van der Waals surface area contributed by atoms with Crippen LogP contribution < -0.4 is 16.8 Å². The number of hydrogen-bond acceptors (Lipinski definition) is 5. The van der Waals surface area contributed by atoms with Crippen LogP contribution in [-0.4, -0.2) is 28.7 Å². The third kappa shape index (κ3) is 3.60. The summed E-state index contributed by atoms with van der Waals surface area (Å²) >= 11 is 7.12. The molecule has 0 aliphatic rings. The number of halogens is 1. The number of aromatic nitrogens is 1. The topological polar surface area (TPSA) is 128 Å². The minimum atomic E-state index is -1.58. The van der Waals surface area contributed by atoms with Crippen molar-refractivity contribution >= 4 is 40.7 Å². The molecule has 0 saturated heterocycles. The van der Waals surface area contributed by atoms with Crippen LogP contribution in [0.3, 0.4) is 0 Å². The Morgan fingerprint density at radius 2 is 1.91 bits per heavy atom. The van der Waals surface area contributed by atoms with Crippen molar-refractivity contribution in [2.45, 2.75) is 6.04 Å². The van der Waals surface area contributed by atoms with E-state index in [4.69, 9.17) is 23.1 Å². The molecule has 2 rings (SSSR count). The zero-order valence-corrected chi connectivity index (χ0v) is 12.6. The summed E-state index contributed by atoms with van der Waals surface area (Å²) in [5, 5.41) is 4.74. The summed E-state index contributed by atoms with van der Waals surface area (Å²) < 4.78 is 0. The number of rotatable bonds is 5. The largest absolute Gasteiger partial charge is 0.367 e. The van der Waals surface area contributed by atoms with E-state index < -0.39 is 23.8 Å². The summed E-state index contributed by atoms with van der Waals surface area (Å²) in [5.74, 6) is -2.79. The second-order valence-corrected chi connectivity index (χ2v) is 5.55. The first-order valence-corrected chi connectivity index (χ1v) is 7.25. The number of thiazole rings is 1. The van der Waals surface area contributed by atoms with Gasteiger partial charge in [-0.1, -0.05) is 23.7 Å². The highest BCUT2D eigenvalue weighted by Crippen LogP contribution is 2.25. The normalized spacial score (nSPS) is 10.5. The predicted octanol–water partition coefficient (Wildman–Crippen LogP) is 0.533. The summed E-state index contributed by atoms with van der Waals surface area (Å²) in [4.78, 5) is 38.2. The first-order valence-electron chi connectivity index (χ1n) is 5.99. The number of nitrogens with zero attached hydrogens (tertiary/aromatic N) is 1. The lowest BCUT2D eigenvalue weighted by Crippen LogP contribution is -2.52. The molecule has 3 amide bonds. The molecule has 7 nitrogen and oxygen atoms in total. The van der Waals surface area contributed by atoms with E-state index in [2.05, 4.69) is 10.3 Å². The van der Waals surface area contributed by atoms with Gasteiger partial charge in [0.15, 0.2) is 6.04 Å². The standard InChI is InChI=1S/C13H11ClN4O3S/c14-7-3-1-2-6(4-7)13-17-8(5-22-13)12(21)18-9(10(15)19)11(16)20/h1-5,9H,(H2,15,19)(H2,16,20)(H,18,21). The number of primary amides is 2. The number of amides is 3. The Labute approximate surface area is 134 Å². The second-order valence-electron chi connectivity index (χ2n) is 4.26. The molecule has 0 fully saturated rings. The lowest BCUT2D eigenvalue weighted by molar-refractivity contribution is -0.128. The molecule has 2 aromatic rings. The Morgan fingerprint density at radius 1 is 1.23 bits per heavy atom. The number of carbonyl (C=O) groups is 3. The summed E-state index contributed by atoms with van der Waals surface area (Å²) in [7, 11) is 0. The van der Waals surface area contributed by atoms with Crippen molar-refractivity contribution in [1.29, 1.82) is 0 Å². The fourth-order valence-corrected chi connectivity index (χ4v) is 2.61. The molecule has 0 aliphatic heterocycles. The zero-order valence-electron chi connectivity index (χ0n) is 11.1. The molecular weight excluding hydrogens is 328 g/mol. The fraction of sp³-hybridized carbons (Fsp3) is 0.0769. The van der Waals surface area contributed by atoms with Crippen molar-refractivity contribution in [2.24, 2.45) is 11.5 Å². The maximum absolute atomic E-state index is 12.0. The maximum Gasteiger partial charge on any atom is 0.271 e. The van der Waals surface area contributed by atoms with Gasteiger partial charge >= 0.3 is 0 Å². The van der Waals surface area contributed by atoms with Crippen molar-refractivity contribution in [3.8, 4) is 10.6 Å². The predicted molar refractivity (Wildman–Crippen MR) is 82.2 cm³/mol. The van der Waals surface area contributed by atoms with Crippen molar-refractivity contribution in [2.75, 3.05) is 0 Å². The maximum atomic E-state index is 12.0. The van der Waals surface area contributed by atoms with Crippen LogP contribution in [0.25, 0.3) is 10.6 Å². The molecule has 114 valence electrons. The zero-order chi connectivity index (χ0) is 16.3. The quantitative estimate of drug-likeness (QED) is 0.687. The van der Waals surface area contributed by atoms with Gasteiger partial charge in [0, 0.05) is 16.0 Å². The summed E-state index contributed by atoms with van der Waals surface area (Å²) in [6.07, 6.45) is 0. The molecule has 1 aromatic carbocycles. The first kappa shape index (κ1) is 15.9. The lowest BCUT2D eigenvalue weighted by Gasteiger charge is -2.10. The van der Waals surface area contributed by atoms with Gasteiger partial charge in [0.1, 0.15) is 10.7 Å². The smallest absolute Gasteiger partial charge is 0.271 e. The SMILES string of the molecule is NC(=O)C(NC(=O)c1csc(-c2cccc(Cl)c2)n1)C(N)=O. The van der Waals surface area contributed by atoms with Gasteiger partial charge in [-0.25, -0.2) is 4.98 Å². The Morgan fingerprint density at radius 3 is 2.50 bits per heavy atom. The molecule has 0 atom stereocenters. The monoisotopic (exact) mass is 338 g/mol. The highest BCUT2D eigenvalue weighted by molar-refractivity contribution is 7.13. The minimum absolute atomic E-state index is 0.0486. The van der Waals surface area contributed by atoms with Gasteiger partial charge in [0.2, 0.25) is 11.8 Å². The van der Waals surface area contributed by atoms with E-state index in [0.717, 1.165) is 5.56 Å². The van der Waals surface area contributed by atoms with Crippen molar-refractivity contribution in [1.82, 2.24) is 10.3 Å². The molecule has 1 aromatic heterocycles. The second kappa shape index (κ2) is 6.54. The van der Waals surface area contributed by atoms with Gasteiger partial charge in [-0.3, -0.25) is 14.4 Å². The van der Waals surface area contributed by atoms with Crippen LogP contribution in [0.15, 0.2) is 29.6 Å². The number of benzene rings is 1. The van der Waals surface area contributed by atoms with E-state index in [1.165, 1.54) is 16.7 Å². The number of carbonyl (C=O) groups excluding carboxylic acids is 3. The molecule has 0 unspecified atom stereocenters. The van der Waals surface area contributed by atoms with E-state index in [-0.39, 0.29) is 5.69 Å². The van der Waals surface area contributed by atoms with Gasteiger partial charge in [-0.05, 0) is 12.1 Å². The van der Waals surface area contributed by atoms with Crippen molar-refractivity contribution < 1.29 is 14.4 Å². The summed E-state index contributed by atoms with van der Waals surface area (Å²) in [5.41, 5.74) is 10.8. The van der Waals surface area contributed by atoms with E-state index >= 15 is 0 Å². The van der Waals surface area contributed by atoms with E-state index in [9.17, 15) is 14.4 Å².